The molecule has 3 rings (SSSR count). The maximum absolute atomic E-state index is 13.1. The van der Waals surface area contributed by atoms with Crippen molar-refractivity contribution < 1.29 is 18.7 Å². The van der Waals surface area contributed by atoms with Crippen LogP contribution >= 0.6 is 0 Å². The fourth-order valence-electron chi connectivity index (χ4n) is 2.61. The summed E-state index contributed by atoms with van der Waals surface area (Å²) >= 11 is 0. The van der Waals surface area contributed by atoms with Crippen LogP contribution in [0.5, 0.6) is 5.75 Å². The summed E-state index contributed by atoms with van der Waals surface area (Å²) in [6, 6.07) is 12.7. The number of nitrogens with zero attached hydrogens (tertiary/aromatic N) is 1. The number of ether oxygens (including phenoxy) is 1. The standard InChI is InChI=1S/C18H17FN2O3/c19-13-5-3-6-14(11-13)24-12-17(22)20-15-7-1-2-8-16(15)21-10-4-9-18(21)23/h1-3,5-8,11H,4,9-10,12H2,(H,20,22). The van der Waals surface area contributed by atoms with E-state index in [1.54, 1.807) is 29.2 Å². The lowest BCUT2D eigenvalue weighted by Crippen LogP contribution is -2.26. The molecule has 0 radical (unpaired) electrons. The van der Waals surface area contributed by atoms with Crippen molar-refractivity contribution in [1.29, 1.82) is 0 Å². The van der Waals surface area contributed by atoms with Gasteiger partial charge in [0.05, 0.1) is 11.4 Å². The van der Waals surface area contributed by atoms with Gasteiger partial charge in [0.25, 0.3) is 5.91 Å². The average Bonchev–Trinajstić information content (AvgIpc) is 2.99. The van der Waals surface area contributed by atoms with Crippen molar-refractivity contribution in [3.8, 4) is 5.75 Å². The van der Waals surface area contributed by atoms with Crippen molar-refractivity contribution in [1.82, 2.24) is 0 Å². The molecule has 1 N–H and O–H groups in total. The van der Waals surface area contributed by atoms with Gasteiger partial charge in [-0.05, 0) is 30.7 Å². The van der Waals surface area contributed by atoms with Crippen molar-refractivity contribution in [2.24, 2.45) is 0 Å². The molecule has 0 unspecified atom stereocenters. The van der Waals surface area contributed by atoms with Gasteiger partial charge >= 0.3 is 0 Å². The molecule has 2 aromatic carbocycles. The highest BCUT2D eigenvalue weighted by atomic mass is 19.1. The maximum Gasteiger partial charge on any atom is 0.262 e. The van der Waals surface area contributed by atoms with Crippen molar-refractivity contribution >= 4 is 23.2 Å². The fraction of sp³-hybridized carbons (Fsp3) is 0.222. The number of anilines is 2. The molecule has 5 nitrogen and oxygen atoms in total. The van der Waals surface area contributed by atoms with E-state index in [4.69, 9.17) is 4.74 Å². The van der Waals surface area contributed by atoms with Gasteiger partial charge < -0.3 is 15.0 Å². The molecule has 1 heterocycles. The van der Waals surface area contributed by atoms with E-state index in [9.17, 15) is 14.0 Å². The Labute approximate surface area is 139 Å². The molecular weight excluding hydrogens is 311 g/mol. The number of nitrogens with one attached hydrogen (secondary N) is 1. The van der Waals surface area contributed by atoms with E-state index in [0.29, 0.717) is 24.3 Å². The summed E-state index contributed by atoms with van der Waals surface area (Å²) in [4.78, 5) is 25.7. The van der Waals surface area contributed by atoms with Crippen LogP contribution in [0.15, 0.2) is 48.5 Å². The molecular formula is C18H17FN2O3. The molecule has 24 heavy (non-hydrogen) atoms. The molecule has 0 atom stereocenters. The van der Waals surface area contributed by atoms with Crippen LogP contribution in [0.1, 0.15) is 12.8 Å². The number of halogens is 1. The number of hydrogen-bond donors (Lipinski definition) is 1. The number of carbonyl (C=O) groups excluding carboxylic acids is 2. The minimum absolute atomic E-state index is 0.0488. The molecule has 2 aromatic rings. The van der Waals surface area contributed by atoms with Crippen LogP contribution in [-0.2, 0) is 9.59 Å². The Morgan fingerprint density at radius 1 is 1.21 bits per heavy atom. The molecule has 0 aromatic heterocycles. The highest BCUT2D eigenvalue weighted by Crippen LogP contribution is 2.29. The summed E-state index contributed by atoms with van der Waals surface area (Å²) in [5, 5.41) is 2.74. The van der Waals surface area contributed by atoms with Crippen LogP contribution in [0, 0.1) is 5.82 Å². The monoisotopic (exact) mass is 328 g/mol. The Bertz CT molecular complexity index is 763. The molecule has 1 fully saturated rings. The molecule has 0 saturated carbocycles. The third-order valence-corrected chi connectivity index (χ3v) is 3.71. The quantitative estimate of drug-likeness (QED) is 0.918. The zero-order valence-corrected chi connectivity index (χ0v) is 13.0. The second-order valence-electron chi connectivity index (χ2n) is 5.46. The maximum atomic E-state index is 13.1. The predicted octanol–water partition coefficient (Wildman–Crippen LogP) is 2.97. The van der Waals surface area contributed by atoms with Crippen molar-refractivity contribution in [2.45, 2.75) is 12.8 Å². The SMILES string of the molecule is O=C(COc1cccc(F)c1)Nc1ccccc1N1CCCC1=O. The summed E-state index contributed by atoms with van der Waals surface area (Å²) in [6.07, 6.45) is 1.33. The number of rotatable bonds is 5. The summed E-state index contributed by atoms with van der Waals surface area (Å²) in [7, 11) is 0. The van der Waals surface area contributed by atoms with Gasteiger partial charge in [-0.3, -0.25) is 9.59 Å². The zero-order chi connectivity index (χ0) is 16.9. The third-order valence-electron chi connectivity index (χ3n) is 3.71. The fourth-order valence-corrected chi connectivity index (χ4v) is 2.61. The summed E-state index contributed by atoms with van der Waals surface area (Å²) < 4.78 is 18.4. The highest BCUT2D eigenvalue weighted by molar-refractivity contribution is 6.02. The third kappa shape index (κ3) is 3.71. The Balaban J connectivity index is 1.65. The smallest absolute Gasteiger partial charge is 0.262 e. The van der Waals surface area contributed by atoms with Crippen molar-refractivity contribution in [3.05, 3.63) is 54.3 Å². The van der Waals surface area contributed by atoms with Crippen LogP contribution < -0.4 is 15.0 Å². The van der Waals surface area contributed by atoms with Gasteiger partial charge in [0.2, 0.25) is 5.91 Å². The van der Waals surface area contributed by atoms with Crippen LogP contribution in [0.3, 0.4) is 0 Å². The summed E-state index contributed by atoms with van der Waals surface area (Å²) in [6.45, 7) is 0.400. The van der Waals surface area contributed by atoms with E-state index in [2.05, 4.69) is 5.32 Å². The Kier molecular flexibility index (Phi) is 4.74. The van der Waals surface area contributed by atoms with E-state index >= 15 is 0 Å². The van der Waals surface area contributed by atoms with Gasteiger partial charge in [-0.1, -0.05) is 18.2 Å². The predicted molar refractivity (Wildman–Crippen MR) is 88.6 cm³/mol. The number of hydrogen-bond acceptors (Lipinski definition) is 3. The largest absolute Gasteiger partial charge is 0.484 e. The second kappa shape index (κ2) is 7.12. The highest BCUT2D eigenvalue weighted by Gasteiger charge is 2.24. The van der Waals surface area contributed by atoms with Crippen LogP contribution in [0.2, 0.25) is 0 Å². The van der Waals surface area contributed by atoms with Gasteiger partial charge in [-0.15, -0.1) is 0 Å². The lowest BCUT2D eigenvalue weighted by molar-refractivity contribution is -0.118. The van der Waals surface area contributed by atoms with E-state index < -0.39 is 5.82 Å². The van der Waals surface area contributed by atoms with Gasteiger partial charge in [-0.25, -0.2) is 4.39 Å². The van der Waals surface area contributed by atoms with Crippen LogP contribution in [-0.4, -0.2) is 25.0 Å². The number of para-hydroxylation sites is 2. The first-order chi connectivity index (χ1) is 11.6. The Morgan fingerprint density at radius 2 is 2.04 bits per heavy atom. The lowest BCUT2D eigenvalue weighted by atomic mass is 10.2. The number of benzene rings is 2. The Hall–Kier alpha value is -2.89. The minimum atomic E-state index is -0.425. The first kappa shape index (κ1) is 16.0. The van der Waals surface area contributed by atoms with E-state index in [1.165, 1.54) is 18.2 Å². The molecule has 2 amide bonds. The number of amides is 2. The average molecular weight is 328 g/mol. The number of carbonyl (C=O) groups is 2. The van der Waals surface area contributed by atoms with E-state index in [-0.39, 0.29) is 24.2 Å². The van der Waals surface area contributed by atoms with E-state index in [1.807, 2.05) is 6.07 Å². The van der Waals surface area contributed by atoms with Gasteiger partial charge in [-0.2, -0.15) is 0 Å². The molecule has 0 spiro atoms. The van der Waals surface area contributed by atoms with Gasteiger partial charge in [0.1, 0.15) is 11.6 Å². The van der Waals surface area contributed by atoms with Crippen LogP contribution in [0.25, 0.3) is 0 Å². The molecule has 124 valence electrons. The second-order valence-corrected chi connectivity index (χ2v) is 5.46. The summed E-state index contributed by atoms with van der Waals surface area (Å²) in [5.41, 5.74) is 1.24. The van der Waals surface area contributed by atoms with Gasteiger partial charge in [0, 0.05) is 19.0 Å². The Morgan fingerprint density at radius 3 is 2.79 bits per heavy atom. The molecule has 0 aliphatic carbocycles. The zero-order valence-electron chi connectivity index (χ0n) is 13.0. The molecule has 0 bridgehead atoms. The van der Waals surface area contributed by atoms with Crippen LogP contribution in [0.4, 0.5) is 15.8 Å². The van der Waals surface area contributed by atoms with Gasteiger partial charge in [0.15, 0.2) is 6.61 Å². The first-order valence-electron chi connectivity index (χ1n) is 7.71. The van der Waals surface area contributed by atoms with E-state index in [0.717, 1.165) is 6.42 Å². The topological polar surface area (TPSA) is 58.6 Å². The molecule has 1 aliphatic rings. The minimum Gasteiger partial charge on any atom is -0.484 e. The normalized spacial score (nSPS) is 13.9. The molecule has 1 saturated heterocycles. The van der Waals surface area contributed by atoms with Crippen molar-refractivity contribution in [2.75, 3.05) is 23.4 Å². The summed E-state index contributed by atoms with van der Waals surface area (Å²) in [5.74, 6) is -0.468. The lowest BCUT2D eigenvalue weighted by Gasteiger charge is -2.20. The molecule has 6 heteroatoms. The van der Waals surface area contributed by atoms with Crippen molar-refractivity contribution in [3.63, 3.8) is 0 Å². The molecule has 1 aliphatic heterocycles. The first-order valence-corrected chi connectivity index (χ1v) is 7.71.